The number of hydrogen-bond donors (Lipinski definition) is 1. The number of rotatable bonds is 0. The lowest BCUT2D eigenvalue weighted by Crippen LogP contribution is -2.27. The van der Waals surface area contributed by atoms with Crippen molar-refractivity contribution in [3.63, 3.8) is 0 Å². The van der Waals surface area contributed by atoms with Crippen molar-refractivity contribution in [3.8, 4) is 0 Å². The van der Waals surface area contributed by atoms with Gasteiger partial charge in [0.2, 0.25) is 0 Å². The summed E-state index contributed by atoms with van der Waals surface area (Å²) < 4.78 is 13.7. The van der Waals surface area contributed by atoms with E-state index in [1.54, 1.807) is 6.07 Å². The summed E-state index contributed by atoms with van der Waals surface area (Å²) in [6.07, 6.45) is 0.921. The minimum atomic E-state index is -0.159. The zero-order chi connectivity index (χ0) is 9.42. The number of fused-ring (bicyclic) bond motifs is 1. The molecule has 0 saturated carbocycles. The fourth-order valence-corrected chi connectivity index (χ4v) is 2.12. The lowest BCUT2D eigenvalue weighted by Gasteiger charge is -2.24. The summed E-state index contributed by atoms with van der Waals surface area (Å²) in [7, 11) is 0. The lowest BCUT2D eigenvalue weighted by molar-refractivity contribution is 0.533. The Morgan fingerprint density at radius 2 is 2.31 bits per heavy atom. The molecule has 2 rings (SSSR count). The average molecular weight is 244 g/mol. The summed E-state index contributed by atoms with van der Waals surface area (Å²) in [6, 6.07) is 3.85. The van der Waals surface area contributed by atoms with Gasteiger partial charge < -0.3 is 5.32 Å². The van der Waals surface area contributed by atoms with Gasteiger partial charge in [-0.25, -0.2) is 4.39 Å². The van der Waals surface area contributed by atoms with Crippen molar-refractivity contribution < 1.29 is 4.39 Å². The first kappa shape index (κ1) is 9.16. The van der Waals surface area contributed by atoms with E-state index in [0.29, 0.717) is 10.5 Å². The van der Waals surface area contributed by atoms with Crippen molar-refractivity contribution in [1.82, 2.24) is 5.32 Å². The van der Waals surface area contributed by atoms with E-state index >= 15 is 0 Å². The van der Waals surface area contributed by atoms with E-state index in [1.807, 2.05) is 6.07 Å². The quantitative estimate of drug-likeness (QED) is 0.739. The number of benzene rings is 1. The van der Waals surface area contributed by atoms with Crippen LogP contribution in [0.1, 0.15) is 24.1 Å². The van der Waals surface area contributed by atoms with Gasteiger partial charge in [-0.15, -0.1) is 0 Å². The molecule has 70 valence electrons. The molecule has 1 aromatic carbocycles. The van der Waals surface area contributed by atoms with Crippen molar-refractivity contribution in [2.45, 2.75) is 19.4 Å². The normalized spacial score (nSPS) is 21.3. The molecule has 0 aromatic heterocycles. The van der Waals surface area contributed by atoms with Crippen LogP contribution in [0.4, 0.5) is 4.39 Å². The van der Waals surface area contributed by atoms with Crippen molar-refractivity contribution in [2.24, 2.45) is 0 Å². The van der Waals surface area contributed by atoms with Crippen LogP contribution < -0.4 is 5.32 Å². The number of halogens is 2. The first-order valence-electron chi connectivity index (χ1n) is 4.39. The first-order valence-corrected chi connectivity index (χ1v) is 5.19. The van der Waals surface area contributed by atoms with E-state index < -0.39 is 0 Å². The van der Waals surface area contributed by atoms with E-state index in [9.17, 15) is 4.39 Å². The van der Waals surface area contributed by atoms with Gasteiger partial charge in [-0.3, -0.25) is 0 Å². The predicted molar refractivity (Wildman–Crippen MR) is 54.2 cm³/mol. The van der Waals surface area contributed by atoms with Crippen molar-refractivity contribution in [1.29, 1.82) is 0 Å². The zero-order valence-electron chi connectivity index (χ0n) is 7.40. The van der Waals surface area contributed by atoms with Gasteiger partial charge in [-0.1, -0.05) is 0 Å². The van der Waals surface area contributed by atoms with Crippen LogP contribution in [0.3, 0.4) is 0 Å². The van der Waals surface area contributed by atoms with Gasteiger partial charge in [0.25, 0.3) is 0 Å². The first-order chi connectivity index (χ1) is 6.18. The standard InChI is InChI=1S/C10H11BrFN/c1-6-8-5-9(11)10(12)4-7(8)2-3-13-6/h4-6,13H,2-3H2,1H3/t6-/m0/s1. The Kier molecular flexibility index (Phi) is 2.39. The molecule has 0 fully saturated rings. The van der Waals surface area contributed by atoms with Crippen LogP contribution in [0, 0.1) is 5.82 Å². The molecule has 1 aliphatic heterocycles. The van der Waals surface area contributed by atoms with Gasteiger partial charge in [0.1, 0.15) is 5.82 Å². The predicted octanol–water partition coefficient (Wildman–Crippen LogP) is 2.79. The molecule has 1 aliphatic rings. The van der Waals surface area contributed by atoms with Gasteiger partial charge in [0, 0.05) is 6.04 Å². The fraction of sp³-hybridized carbons (Fsp3) is 0.400. The molecular weight excluding hydrogens is 233 g/mol. The lowest BCUT2D eigenvalue weighted by atomic mass is 9.95. The van der Waals surface area contributed by atoms with Crippen LogP contribution in [-0.2, 0) is 6.42 Å². The maximum absolute atomic E-state index is 13.2. The summed E-state index contributed by atoms with van der Waals surface area (Å²) in [5.41, 5.74) is 2.34. The highest BCUT2D eigenvalue weighted by Crippen LogP contribution is 2.27. The van der Waals surface area contributed by atoms with E-state index in [4.69, 9.17) is 0 Å². The molecule has 0 amide bonds. The molecule has 1 atom stereocenters. The van der Waals surface area contributed by atoms with E-state index in [-0.39, 0.29) is 5.82 Å². The monoisotopic (exact) mass is 243 g/mol. The highest BCUT2D eigenvalue weighted by atomic mass is 79.9. The maximum atomic E-state index is 13.2. The minimum Gasteiger partial charge on any atom is -0.310 e. The van der Waals surface area contributed by atoms with E-state index in [1.165, 1.54) is 5.56 Å². The Labute approximate surface area is 85.5 Å². The summed E-state index contributed by atoms with van der Waals surface area (Å²) in [5, 5.41) is 3.34. The second-order valence-electron chi connectivity index (χ2n) is 3.39. The smallest absolute Gasteiger partial charge is 0.137 e. The van der Waals surface area contributed by atoms with Crippen LogP contribution >= 0.6 is 15.9 Å². The third-order valence-electron chi connectivity index (χ3n) is 2.49. The Bertz CT molecular complexity index is 338. The van der Waals surface area contributed by atoms with Gasteiger partial charge in [-0.2, -0.15) is 0 Å². The average Bonchev–Trinajstić information content (AvgIpc) is 2.09. The Morgan fingerprint density at radius 3 is 3.08 bits per heavy atom. The number of hydrogen-bond acceptors (Lipinski definition) is 1. The molecule has 1 nitrogen and oxygen atoms in total. The van der Waals surface area contributed by atoms with Crippen LogP contribution in [0.25, 0.3) is 0 Å². The molecule has 1 N–H and O–H groups in total. The van der Waals surface area contributed by atoms with Crippen LogP contribution in [0.15, 0.2) is 16.6 Å². The Morgan fingerprint density at radius 1 is 1.54 bits per heavy atom. The SMILES string of the molecule is C[C@@H]1NCCc2cc(F)c(Br)cc21. The Hall–Kier alpha value is -0.410. The number of nitrogens with one attached hydrogen (secondary N) is 1. The maximum Gasteiger partial charge on any atom is 0.137 e. The van der Waals surface area contributed by atoms with E-state index in [0.717, 1.165) is 18.5 Å². The van der Waals surface area contributed by atoms with Crippen LogP contribution in [0.5, 0.6) is 0 Å². The van der Waals surface area contributed by atoms with Gasteiger partial charge in [0.05, 0.1) is 4.47 Å². The minimum absolute atomic E-state index is 0.159. The zero-order valence-corrected chi connectivity index (χ0v) is 8.99. The van der Waals surface area contributed by atoms with Gasteiger partial charge in [-0.05, 0) is 59.1 Å². The summed E-state index contributed by atoms with van der Waals surface area (Å²) in [6.45, 7) is 3.04. The second-order valence-corrected chi connectivity index (χ2v) is 4.25. The molecule has 3 heteroatoms. The molecule has 0 spiro atoms. The van der Waals surface area contributed by atoms with Gasteiger partial charge in [0.15, 0.2) is 0 Å². The molecule has 13 heavy (non-hydrogen) atoms. The molecule has 1 heterocycles. The van der Waals surface area contributed by atoms with Crippen LogP contribution in [-0.4, -0.2) is 6.54 Å². The van der Waals surface area contributed by atoms with Crippen molar-refractivity contribution >= 4 is 15.9 Å². The van der Waals surface area contributed by atoms with Crippen molar-refractivity contribution in [2.75, 3.05) is 6.54 Å². The topological polar surface area (TPSA) is 12.0 Å². The molecule has 0 bridgehead atoms. The highest BCUT2D eigenvalue weighted by Gasteiger charge is 2.17. The fourth-order valence-electron chi connectivity index (χ4n) is 1.76. The molecule has 0 saturated heterocycles. The highest BCUT2D eigenvalue weighted by molar-refractivity contribution is 9.10. The third kappa shape index (κ3) is 1.63. The third-order valence-corrected chi connectivity index (χ3v) is 3.10. The molecule has 0 unspecified atom stereocenters. The van der Waals surface area contributed by atoms with E-state index in [2.05, 4.69) is 28.2 Å². The van der Waals surface area contributed by atoms with Gasteiger partial charge >= 0.3 is 0 Å². The molecule has 1 aromatic rings. The molecule has 0 radical (unpaired) electrons. The molecule has 0 aliphatic carbocycles. The summed E-state index contributed by atoms with van der Waals surface area (Å²) >= 11 is 3.20. The Balaban J connectivity index is 2.52. The van der Waals surface area contributed by atoms with Crippen molar-refractivity contribution in [3.05, 3.63) is 33.5 Å². The summed E-state index contributed by atoms with van der Waals surface area (Å²) in [4.78, 5) is 0. The second kappa shape index (κ2) is 3.39. The summed E-state index contributed by atoms with van der Waals surface area (Å²) in [5.74, 6) is -0.159. The largest absolute Gasteiger partial charge is 0.310 e. The molecular formula is C10H11BrFN. The van der Waals surface area contributed by atoms with Crippen LogP contribution in [0.2, 0.25) is 0 Å².